The number of fused-ring (bicyclic) bond motifs is 13. The molecular weight excluding hydrogens is 643 g/mol. The van der Waals surface area contributed by atoms with Crippen molar-refractivity contribution in [3.8, 4) is 28.5 Å². The van der Waals surface area contributed by atoms with Crippen LogP contribution in [0.15, 0.2) is 165 Å². The summed E-state index contributed by atoms with van der Waals surface area (Å²) in [5.74, 6) is 0.556. The highest BCUT2D eigenvalue weighted by atomic mass is 16.3. The number of hydrogen-bond donors (Lipinski definition) is 0. The van der Waals surface area contributed by atoms with E-state index in [-0.39, 0.29) is 0 Å². The van der Waals surface area contributed by atoms with E-state index in [2.05, 4.69) is 95.6 Å². The van der Waals surface area contributed by atoms with Crippen molar-refractivity contribution in [3.05, 3.63) is 152 Å². The topological polar surface area (TPSA) is 70.1 Å². The fourth-order valence-electron chi connectivity index (χ4n) is 8.04. The van der Waals surface area contributed by atoms with E-state index in [9.17, 15) is 0 Å². The van der Waals surface area contributed by atoms with Crippen LogP contribution in [-0.2, 0) is 0 Å². The van der Waals surface area contributed by atoms with Crippen molar-refractivity contribution in [1.82, 2.24) is 14.5 Å². The Kier molecular flexibility index (Phi) is 5.41. The predicted octanol–water partition coefficient (Wildman–Crippen LogP) is 12.6. The molecule has 12 rings (SSSR count). The van der Waals surface area contributed by atoms with E-state index in [1.165, 1.54) is 0 Å². The maximum Gasteiger partial charge on any atom is 0.235 e. The first-order chi connectivity index (χ1) is 25.7. The third kappa shape index (κ3) is 3.83. The molecule has 0 unspecified atom stereocenters. The van der Waals surface area contributed by atoms with Crippen molar-refractivity contribution in [2.75, 3.05) is 0 Å². The Morgan fingerprint density at radius 1 is 0.365 bits per heavy atom. The predicted molar refractivity (Wildman–Crippen MR) is 209 cm³/mol. The molecule has 0 radical (unpaired) electrons. The van der Waals surface area contributed by atoms with E-state index in [1.54, 1.807) is 0 Å². The highest BCUT2D eigenvalue weighted by Crippen LogP contribution is 2.41. The maximum atomic E-state index is 6.65. The summed E-state index contributed by atoms with van der Waals surface area (Å²) in [6.07, 6.45) is 0. The van der Waals surface area contributed by atoms with Gasteiger partial charge < -0.3 is 13.3 Å². The van der Waals surface area contributed by atoms with Crippen molar-refractivity contribution >= 4 is 87.6 Å². The van der Waals surface area contributed by atoms with Gasteiger partial charge in [-0.3, -0.25) is 4.57 Å². The maximum absolute atomic E-state index is 6.65. The molecule has 12 aromatic rings. The van der Waals surface area contributed by atoms with Crippen LogP contribution >= 0.6 is 0 Å². The van der Waals surface area contributed by atoms with Gasteiger partial charge in [0, 0.05) is 54.2 Å². The van der Waals surface area contributed by atoms with E-state index >= 15 is 0 Å². The Morgan fingerprint density at radius 2 is 0.846 bits per heavy atom. The van der Waals surface area contributed by atoms with Gasteiger partial charge in [0.15, 0.2) is 5.58 Å². The third-order valence-electron chi connectivity index (χ3n) is 10.4. The van der Waals surface area contributed by atoms with Crippen LogP contribution < -0.4 is 0 Å². The van der Waals surface area contributed by atoms with Gasteiger partial charge in [0.1, 0.15) is 33.4 Å². The number of hydrogen-bond acceptors (Lipinski definition) is 5. The molecule has 0 atom stereocenters. The lowest BCUT2D eigenvalue weighted by Gasteiger charge is -2.12. The molecule has 0 aliphatic heterocycles. The number of rotatable bonds is 3. The van der Waals surface area contributed by atoms with Gasteiger partial charge >= 0.3 is 0 Å². The van der Waals surface area contributed by atoms with Crippen LogP contribution in [0.25, 0.3) is 116 Å². The molecule has 0 bridgehead atoms. The molecule has 0 spiro atoms. The average molecular weight is 668 g/mol. The van der Waals surface area contributed by atoms with Crippen molar-refractivity contribution in [2.24, 2.45) is 0 Å². The summed E-state index contributed by atoms with van der Waals surface area (Å²) in [5, 5.41) is 8.54. The summed E-state index contributed by atoms with van der Waals surface area (Å²) < 4.78 is 21.2. The van der Waals surface area contributed by atoms with Gasteiger partial charge in [-0.15, -0.1) is 0 Å². The van der Waals surface area contributed by atoms with Crippen molar-refractivity contribution < 1.29 is 13.3 Å². The van der Waals surface area contributed by atoms with Gasteiger partial charge in [-0.05, 0) is 72.8 Å². The Hall–Kier alpha value is -7.18. The highest BCUT2D eigenvalue weighted by Gasteiger charge is 2.22. The van der Waals surface area contributed by atoms with E-state index in [0.717, 1.165) is 110 Å². The van der Waals surface area contributed by atoms with Crippen LogP contribution in [0.5, 0.6) is 0 Å². The van der Waals surface area contributed by atoms with Crippen LogP contribution in [0.4, 0.5) is 0 Å². The zero-order valence-corrected chi connectivity index (χ0v) is 27.5. The molecule has 6 nitrogen and oxygen atoms in total. The molecule has 242 valence electrons. The number of para-hydroxylation sites is 4. The number of benzene rings is 7. The quantitative estimate of drug-likeness (QED) is 0.188. The second kappa shape index (κ2) is 10.2. The molecule has 6 heteroatoms. The lowest BCUT2D eigenvalue weighted by Crippen LogP contribution is -2.04. The number of nitrogens with zero attached hydrogens (tertiary/aromatic N) is 3. The standard InChI is InChI=1S/C46H25N3O3/c1-5-13-38-28(9-1)32-19-20-33-29-10-2-8-16-41(29)52-45(33)44(32)49(38)46-47-36(26-17-21-42-34(23-26)30-11-3-6-14-39(30)50-42)25-37(48-46)27-18-22-43-35(24-27)31-12-4-7-15-40(31)51-43/h1-25H. The van der Waals surface area contributed by atoms with Gasteiger partial charge in [-0.25, -0.2) is 9.97 Å². The van der Waals surface area contributed by atoms with Gasteiger partial charge in [0.2, 0.25) is 5.95 Å². The summed E-state index contributed by atoms with van der Waals surface area (Å²) in [6.45, 7) is 0. The van der Waals surface area contributed by atoms with E-state index in [4.69, 9.17) is 23.2 Å². The van der Waals surface area contributed by atoms with Crippen LogP contribution in [0, 0.1) is 0 Å². The summed E-state index contributed by atoms with van der Waals surface area (Å²) in [4.78, 5) is 10.7. The van der Waals surface area contributed by atoms with Crippen LogP contribution in [0.1, 0.15) is 0 Å². The van der Waals surface area contributed by atoms with Crippen LogP contribution in [0.3, 0.4) is 0 Å². The summed E-state index contributed by atoms with van der Waals surface area (Å²) in [6, 6.07) is 51.9. The normalized spacial score (nSPS) is 12.2. The first-order valence-electron chi connectivity index (χ1n) is 17.3. The molecule has 0 aliphatic carbocycles. The fourth-order valence-corrected chi connectivity index (χ4v) is 8.04. The molecule has 0 N–H and O–H groups in total. The Morgan fingerprint density at radius 3 is 1.46 bits per heavy atom. The molecule has 0 saturated carbocycles. The smallest absolute Gasteiger partial charge is 0.235 e. The zero-order valence-electron chi connectivity index (χ0n) is 27.5. The van der Waals surface area contributed by atoms with Gasteiger partial charge in [-0.2, -0.15) is 0 Å². The van der Waals surface area contributed by atoms with Gasteiger partial charge in [-0.1, -0.05) is 78.9 Å². The molecule has 0 fully saturated rings. The third-order valence-corrected chi connectivity index (χ3v) is 10.4. The lowest BCUT2D eigenvalue weighted by molar-refractivity contribution is 0.668. The number of furan rings is 3. The van der Waals surface area contributed by atoms with Crippen molar-refractivity contribution in [3.63, 3.8) is 0 Å². The summed E-state index contributed by atoms with van der Waals surface area (Å²) >= 11 is 0. The first-order valence-corrected chi connectivity index (χ1v) is 17.3. The zero-order chi connectivity index (χ0) is 33.9. The second-order valence-electron chi connectivity index (χ2n) is 13.3. The first kappa shape index (κ1) is 27.6. The summed E-state index contributed by atoms with van der Waals surface area (Å²) in [7, 11) is 0. The monoisotopic (exact) mass is 667 g/mol. The molecule has 0 aliphatic rings. The molecule has 0 amide bonds. The number of aromatic nitrogens is 3. The van der Waals surface area contributed by atoms with E-state index in [1.807, 2.05) is 60.7 Å². The fraction of sp³-hybridized carbons (Fsp3) is 0. The average Bonchev–Trinajstić information content (AvgIpc) is 3.96. The minimum absolute atomic E-state index is 0.556. The molecule has 5 heterocycles. The molecule has 0 saturated heterocycles. The Balaban J connectivity index is 1.18. The Bertz CT molecular complexity index is 3300. The van der Waals surface area contributed by atoms with Crippen LogP contribution in [-0.4, -0.2) is 14.5 Å². The molecule has 7 aromatic carbocycles. The minimum Gasteiger partial charge on any atom is -0.456 e. The molecule has 52 heavy (non-hydrogen) atoms. The van der Waals surface area contributed by atoms with E-state index in [0.29, 0.717) is 5.95 Å². The largest absolute Gasteiger partial charge is 0.456 e. The second-order valence-corrected chi connectivity index (χ2v) is 13.3. The SMILES string of the molecule is c1ccc2c(c1)oc1ccc(-c3cc(-c4ccc5oc6ccccc6c5c4)nc(-n4c5ccccc5c5ccc6c7ccccc7oc6c54)n3)cc12. The van der Waals surface area contributed by atoms with Crippen LogP contribution in [0.2, 0.25) is 0 Å². The van der Waals surface area contributed by atoms with Crippen molar-refractivity contribution in [2.45, 2.75) is 0 Å². The highest BCUT2D eigenvalue weighted by molar-refractivity contribution is 6.21. The minimum atomic E-state index is 0.556. The molecule has 5 aromatic heterocycles. The molecular formula is C46H25N3O3. The van der Waals surface area contributed by atoms with Gasteiger partial charge in [0.05, 0.1) is 16.9 Å². The summed E-state index contributed by atoms with van der Waals surface area (Å²) in [5.41, 5.74) is 10.5. The van der Waals surface area contributed by atoms with E-state index < -0.39 is 0 Å². The Labute approximate surface area is 294 Å². The lowest BCUT2D eigenvalue weighted by atomic mass is 10.0. The van der Waals surface area contributed by atoms with Gasteiger partial charge in [0.25, 0.3) is 0 Å². The van der Waals surface area contributed by atoms with Crippen molar-refractivity contribution in [1.29, 1.82) is 0 Å².